The van der Waals surface area contributed by atoms with Gasteiger partial charge in [0.2, 0.25) is 0 Å². The molecule has 0 bridgehead atoms. The van der Waals surface area contributed by atoms with Crippen molar-refractivity contribution in [1.29, 1.82) is 0 Å². The van der Waals surface area contributed by atoms with E-state index in [1.54, 1.807) is 0 Å². The fraction of sp³-hybridized carbons (Fsp3) is 0.556. The number of nitrogens with one attached hydrogen (secondary N) is 3. The highest BCUT2D eigenvalue weighted by molar-refractivity contribution is 7.80. The van der Waals surface area contributed by atoms with Crippen molar-refractivity contribution < 1.29 is 9.53 Å². The zero-order chi connectivity index (χ0) is 17.4. The summed E-state index contributed by atoms with van der Waals surface area (Å²) in [7, 11) is 0. The smallest absolute Gasteiger partial charge is 0.276 e. The van der Waals surface area contributed by atoms with Crippen LogP contribution < -0.4 is 20.9 Å². The quantitative estimate of drug-likeness (QED) is 0.564. The van der Waals surface area contributed by atoms with Crippen molar-refractivity contribution in [2.45, 2.75) is 52.0 Å². The second kappa shape index (κ2) is 9.47. The first-order chi connectivity index (χ1) is 11.6. The molecule has 6 heteroatoms. The first-order valence-electron chi connectivity index (χ1n) is 8.65. The van der Waals surface area contributed by atoms with E-state index in [1.807, 2.05) is 24.3 Å². The van der Waals surface area contributed by atoms with Crippen LogP contribution in [0, 0.1) is 5.92 Å². The van der Waals surface area contributed by atoms with Gasteiger partial charge in [-0.3, -0.25) is 15.6 Å². The number of thiocarbonyl (C=S) groups is 1. The molecule has 5 nitrogen and oxygen atoms in total. The fourth-order valence-electron chi connectivity index (χ4n) is 2.87. The second-order valence-corrected chi connectivity index (χ2v) is 6.71. The number of amides is 1. The molecule has 1 aromatic carbocycles. The normalized spacial score (nSPS) is 20.1. The van der Waals surface area contributed by atoms with Gasteiger partial charge in [0, 0.05) is 6.04 Å². The third kappa shape index (κ3) is 6.00. The molecule has 0 saturated heterocycles. The Morgan fingerprint density at radius 1 is 1.21 bits per heavy atom. The van der Waals surface area contributed by atoms with Crippen LogP contribution in [0.1, 0.15) is 45.1 Å². The van der Waals surface area contributed by atoms with Gasteiger partial charge in [-0.05, 0) is 55.1 Å². The molecule has 1 saturated carbocycles. The van der Waals surface area contributed by atoms with E-state index in [4.69, 9.17) is 17.0 Å². The van der Waals surface area contributed by atoms with Crippen molar-refractivity contribution in [1.82, 2.24) is 16.2 Å². The summed E-state index contributed by atoms with van der Waals surface area (Å²) in [6, 6.07) is 8.11. The predicted molar refractivity (Wildman–Crippen MR) is 99.7 cm³/mol. The Balaban J connectivity index is 1.65. The zero-order valence-electron chi connectivity index (χ0n) is 14.4. The number of hydrogen-bond donors (Lipinski definition) is 3. The molecule has 2 rings (SSSR count). The van der Waals surface area contributed by atoms with Gasteiger partial charge in [-0.15, -0.1) is 0 Å². The third-order valence-corrected chi connectivity index (χ3v) is 4.66. The van der Waals surface area contributed by atoms with Crippen molar-refractivity contribution >= 4 is 23.2 Å². The lowest BCUT2D eigenvalue weighted by Crippen LogP contribution is -2.52. The number of hydrogen-bond acceptors (Lipinski definition) is 3. The molecule has 3 N–H and O–H groups in total. The molecule has 0 heterocycles. The van der Waals surface area contributed by atoms with Gasteiger partial charge in [0.15, 0.2) is 11.7 Å². The number of hydrazine groups is 1. The van der Waals surface area contributed by atoms with Gasteiger partial charge in [-0.25, -0.2) is 0 Å². The van der Waals surface area contributed by atoms with Gasteiger partial charge in [0.25, 0.3) is 5.91 Å². The minimum Gasteiger partial charge on any atom is -0.484 e. The van der Waals surface area contributed by atoms with Gasteiger partial charge < -0.3 is 10.1 Å². The topological polar surface area (TPSA) is 62.4 Å². The monoisotopic (exact) mass is 349 g/mol. The van der Waals surface area contributed by atoms with Crippen molar-refractivity contribution in [3.05, 3.63) is 29.8 Å². The van der Waals surface area contributed by atoms with E-state index in [0.717, 1.165) is 12.8 Å². The Morgan fingerprint density at radius 3 is 2.58 bits per heavy atom. The molecule has 0 unspecified atom stereocenters. The summed E-state index contributed by atoms with van der Waals surface area (Å²) in [4.78, 5) is 11.8. The minimum absolute atomic E-state index is 0.0546. The SMILES string of the molecule is CCc1ccc(OCC(=O)NNC(=S)N[C@H]2CCCC[C@@H]2C)cc1. The van der Waals surface area contributed by atoms with E-state index in [2.05, 4.69) is 30.0 Å². The lowest BCUT2D eigenvalue weighted by molar-refractivity contribution is -0.123. The van der Waals surface area contributed by atoms with E-state index in [0.29, 0.717) is 22.8 Å². The lowest BCUT2D eigenvalue weighted by atomic mass is 9.86. The van der Waals surface area contributed by atoms with Crippen LogP contribution in [-0.4, -0.2) is 23.7 Å². The molecule has 1 aromatic rings. The minimum atomic E-state index is -0.268. The summed E-state index contributed by atoms with van der Waals surface area (Å²) in [6.07, 6.45) is 5.83. The number of rotatable bonds is 5. The van der Waals surface area contributed by atoms with E-state index >= 15 is 0 Å². The molecule has 132 valence electrons. The first-order valence-corrected chi connectivity index (χ1v) is 9.06. The third-order valence-electron chi connectivity index (χ3n) is 4.44. The lowest BCUT2D eigenvalue weighted by Gasteiger charge is -2.30. The van der Waals surface area contributed by atoms with Crippen LogP contribution >= 0.6 is 12.2 Å². The maximum atomic E-state index is 11.8. The summed E-state index contributed by atoms with van der Waals surface area (Å²) in [5.74, 6) is 1.01. The van der Waals surface area contributed by atoms with Crippen molar-refractivity contribution in [3.63, 3.8) is 0 Å². The first kappa shape index (κ1) is 18.5. The van der Waals surface area contributed by atoms with E-state index < -0.39 is 0 Å². The van der Waals surface area contributed by atoms with Crippen LogP contribution in [-0.2, 0) is 11.2 Å². The highest BCUT2D eigenvalue weighted by atomic mass is 32.1. The molecule has 0 spiro atoms. The molecule has 24 heavy (non-hydrogen) atoms. The van der Waals surface area contributed by atoms with Crippen LogP contribution in [0.25, 0.3) is 0 Å². The van der Waals surface area contributed by atoms with Crippen LogP contribution in [0.5, 0.6) is 5.75 Å². The van der Waals surface area contributed by atoms with Crippen molar-refractivity contribution in [2.75, 3.05) is 6.61 Å². The summed E-state index contributed by atoms with van der Waals surface area (Å²) in [5.41, 5.74) is 6.55. The van der Waals surface area contributed by atoms with Gasteiger partial charge >= 0.3 is 0 Å². The average molecular weight is 350 g/mol. The van der Waals surface area contributed by atoms with Gasteiger partial charge in [0.05, 0.1) is 0 Å². The molecule has 2 atom stereocenters. The molecular formula is C18H27N3O2S. The molecule has 1 aliphatic rings. The van der Waals surface area contributed by atoms with Gasteiger partial charge in [0.1, 0.15) is 5.75 Å². The zero-order valence-corrected chi connectivity index (χ0v) is 15.2. The van der Waals surface area contributed by atoms with Gasteiger partial charge in [-0.2, -0.15) is 0 Å². The maximum absolute atomic E-state index is 11.8. The standard InChI is InChI=1S/C18H27N3O2S/c1-3-14-8-10-15(11-9-14)23-12-17(22)20-21-18(24)19-16-7-5-4-6-13(16)2/h8-11,13,16H,3-7,12H2,1-2H3,(H,20,22)(H2,19,21,24)/t13-,16-/m0/s1. The Bertz CT molecular complexity index is 548. The Hall–Kier alpha value is -1.82. The molecule has 1 aliphatic carbocycles. The highest BCUT2D eigenvalue weighted by Gasteiger charge is 2.21. The number of carbonyl (C=O) groups is 1. The number of ether oxygens (including phenoxy) is 1. The predicted octanol–water partition coefficient (Wildman–Crippen LogP) is 2.70. The Morgan fingerprint density at radius 2 is 1.92 bits per heavy atom. The van der Waals surface area contributed by atoms with Crippen molar-refractivity contribution in [3.8, 4) is 5.75 Å². The second-order valence-electron chi connectivity index (χ2n) is 6.30. The fourth-order valence-corrected chi connectivity index (χ4v) is 3.07. The van der Waals surface area contributed by atoms with Crippen LogP contribution in [0.3, 0.4) is 0 Å². The van der Waals surface area contributed by atoms with Crippen LogP contribution in [0.2, 0.25) is 0 Å². The number of carbonyl (C=O) groups excluding carboxylic acids is 1. The van der Waals surface area contributed by atoms with Gasteiger partial charge in [-0.1, -0.05) is 38.8 Å². The molecule has 1 amide bonds. The largest absolute Gasteiger partial charge is 0.484 e. The highest BCUT2D eigenvalue weighted by Crippen LogP contribution is 2.23. The molecule has 1 fully saturated rings. The summed E-state index contributed by atoms with van der Waals surface area (Å²) < 4.78 is 5.45. The molecule has 0 aliphatic heterocycles. The van der Waals surface area contributed by atoms with Crippen LogP contribution in [0.4, 0.5) is 0 Å². The molecular weight excluding hydrogens is 322 g/mol. The molecule has 0 radical (unpaired) electrons. The van der Waals surface area contributed by atoms with Crippen molar-refractivity contribution in [2.24, 2.45) is 5.92 Å². The average Bonchev–Trinajstić information content (AvgIpc) is 2.60. The van der Waals surface area contributed by atoms with Crippen LogP contribution in [0.15, 0.2) is 24.3 Å². The molecule has 0 aromatic heterocycles. The summed E-state index contributed by atoms with van der Waals surface area (Å²) in [6.45, 7) is 4.27. The summed E-state index contributed by atoms with van der Waals surface area (Å²) in [5, 5.41) is 3.73. The number of benzene rings is 1. The number of aryl methyl sites for hydroxylation is 1. The van der Waals surface area contributed by atoms with E-state index in [9.17, 15) is 4.79 Å². The summed E-state index contributed by atoms with van der Waals surface area (Å²) >= 11 is 5.23. The Labute approximate surface area is 149 Å². The Kier molecular flexibility index (Phi) is 7.31. The van der Waals surface area contributed by atoms with E-state index in [1.165, 1.54) is 24.8 Å². The maximum Gasteiger partial charge on any atom is 0.276 e. The van der Waals surface area contributed by atoms with E-state index in [-0.39, 0.29) is 12.5 Å².